The maximum Gasteiger partial charge on any atom is 0.231 e. The summed E-state index contributed by atoms with van der Waals surface area (Å²) < 4.78 is 18.3. The number of ether oxygens (including phenoxy) is 3. The van der Waals surface area contributed by atoms with E-state index in [1.54, 1.807) is 7.11 Å². The Bertz CT molecular complexity index is 1260. The number of allylic oxidation sites excluding steroid dienone is 1. The first kappa shape index (κ1) is 29.5. The van der Waals surface area contributed by atoms with Gasteiger partial charge < -0.3 is 40.8 Å². The molecule has 0 bridgehead atoms. The second-order valence-electron chi connectivity index (χ2n) is 15.0. The van der Waals surface area contributed by atoms with Gasteiger partial charge in [0, 0.05) is 12.3 Å². The summed E-state index contributed by atoms with van der Waals surface area (Å²) in [5.74, 6) is 4.79. The summed E-state index contributed by atoms with van der Waals surface area (Å²) in [5, 5.41) is 10.4. The Balaban J connectivity index is 0.00000302. The van der Waals surface area contributed by atoms with E-state index in [0.717, 1.165) is 73.0 Å². The summed E-state index contributed by atoms with van der Waals surface area (Å²) in [7, 11) is 6.25. The third kappa shape index (κ3) is 4.34. The van der Waals surface area contributed by atoms with E-state index in [4.69, 9.17) is 14.2 Å². The fourth-order valence-electron chi connectivity index (χ4n) is 10.6. The van der Waals surface area contributed by atoms with Gasteiger partial charge in [-0.3, -0.25) is 4.79 Å². The van der Waals surface area contributed by atoms with Gasteiger partial charge in [-0.1, -0.05) is 25.5 Å². The predicted molar refractivity (Wildman–Crippen MR) is 153 cm³/mol. The Hall–Kier alpha value is -1.57. The van der Waals surface area contributed by atoms with Crippen molar-refractivity contribution < 1.29 is 45.6 Å². The second kappa shape index (κ2) is 10.3. The molecule has 0 saturated heterocycles. The standard InChI is InChI=1S/C34H48NO5.BrH/c1-33-13-10-22(36)17-21(33)6-7-23-24-8-9-26(34(24,2)14-11-25(23)33)28(37)18-27-30-20(12-15-35(27,3)4)16-29-31(32(30)38-5)40-19-39-29;/h6,16,22-27,36H,7-15,17-19H2,1-5H3;1H/q+1;/p-1. The number of hydrogen-bond donors (Lipinski definition) is 1. The molecule has 7 rings (SSSR count). The van der Waals surface area contributed by atoms with Crippen molar-refractivity contribution in [3.8, 4) is 17.2 Å². The van der Waals surface area contributed by atoms with Crippen molar-refractivity contribution in [2.45, 2.75) is 90.2 Å². The second-order valence-corrected chi connectivity index (χ2v) is 15.0. The van der Waals surface area contributed by atoms with Gasteiger partial charge in [0.15, 0.2) is 11.5 Å². The van der Waals surface area contributed by atoms with E-state index in [1.807, 2.05) is 0 Å². The molecule has 0 amide bonds. The third-order valence-corrected chi connectivity index (χ3v) is 12.9. The molecule has 0 aromatic heterocycles. The van der Waals surface area contributed by atoms with Gasteiger partial charge in [-0.2, -0.15) is 0 Å². The molecular formula is C34H48BrNO5. The molecule has 41 heavy (non-hydrogen) atoms. The Labute approximate surface area is 256 Å². The van der Waals surface area contributed by atoms with Gasteiger partial charge in [0.1, 0.15) is 11.8 Å². The molecule has 7 heteroatoms. The highest BCUT2D eigenvalue weighted by Gasteiger charge is 2.60. The van der Waals surface area contributed by atoms with Crippen molar-refractivity contribution in [1.29, 1.82) is 0 Å². The van der Waals surface area contributed by atoms with Crippen LogP contribution in [-0.4, -0.2) is 56.0 Å². The van der Waals surface area contributed by atoms with Crippen molar-refractivity contribution in [2.24, 2.45) is 34.5 Å². The van der Waals surface area contributed by atoms with Crippen LogP contribution in [0.4, 0.5) is 0 Å². The van der Waals surface area contributed by atoms with Crippen LogP contribution in [0, 0.1) is 34.5 Å². The molecular weight excluding hydrogens is 582 g/mol. The molecule has 8 atom stereocenters. The molecule has 3 saturated carbocycles. The number of methoxy groups -OCH3 is 1. The van der Waals surface area contributed by atoms with Gasteiger partial charge in [-0.05, 0) is 91.6 Å². The number of halogens is 1. The Morgan fingerprint density at radius 1 is 1.12 bits per heavy atom. The topological polar surface area (TPSA) is 65.0 Å². The van der Waals surface area contributed by atoms with E-state index in [9.17, 15) is 9.90 Å². The van der Waals surface area contributed by atoms with Crippen molar-refractivity contribution in [3.63, 3.8) is 0 Å². The molecule has 2 heterocycles. The molecule has 6 aliphatic rings. The number of rotatable bonds is 4. The highest BCUT2D eigenvalue weighted by Crippen LogP contribution is 2.66. The molecule has 226 valence electrons. The molecule has 3 fully saturated rings. The van der Waals surface area contributed by atoms with Gasteiger partial charge in [0.2, 0.25) is 12.5 Å². The van der Waals surface area contributed by atoms with Crippen LogP contribution in [0.15, 0.2) is 17.7 Å². The summed E-state index contributed by atoms with van der Waals surface area (Å²) in [6.07, 6.45) is 12.5. The number of ketones is 1. The van der Waals surface area contributed by atoms with E-state index >= 15 is 0 Å². The number of aliphatic hydroxyl groups is 1. The number of hydrogen-bond acceptors (Lipinski definition) is 5. The minimum atomic E-state index is -0.162. The first-order chi connectivity index (χ1) is 19.1. The average molecular weight is 631 g/mol. The molecule has 0 spiro atoms. The molecule has 1 aromatic carbocycles. The number of carbonyl (C=O) groups is 1. The lowest BCUT2D eigenvalue weighted by molar-refractivity contribution is -0.922. The Morgan fingerprint density at radius 2 is 1.93 bits per heavy atom. The zero-order valence-electron chi connectivity index (χ0n) is 25.5. The Morgan fingerprint density at radius 3 is 2.71 bits per heavy atom. The first-order valence-corrected chi connectivity index (χ1v) is 15.8. The summed E-state index contributed by atoms with van der Waals surface area (Å²) in [4.78, 5) is 14.4. The quantitative estimate of drug-likeness (QED) is 0.410. The van der Waals surface area contributed by atoms with Gasteiger partial charge in [-0.15, -0.1) is 0 Å². The number of nitrogens with zero attached hydrogens (tertiary/aromatic N) is 1. The van der Waals surface area contributed by atoms with E-state index in [2.05, 4.69) is 40.1 Å². The first-order valence-electron chi connectivity index (χ1n) is 15.8. The van der Waals surface area contributed by atoms with E-state index in [-0.39, 0.29) is 52.7 Å². The summed E-state index contributed by atoms with van der Waals surface area (Å²) in [6.45, 7) is 6.16. The number of likely N-dealkylation sites (N-methyl/N-ethyl adjacent to an activating group) is 1. The minimum Gasteiger partial charge on any atom is -1.00 e. The van der Waals surface area contributed by atoms with Crippen LogP contribution in [0.3, 0.4) is 0 Å². The lowest BCUT2D eigenvalue weighted by Gasteiger charge is -2.58. The fourth-order valence-corrected chi connectivity index (χ4v) is 10.6. The van der Waals surface area contributed by atoms with Crippen LogP contribution in [0.2, 0.25) is 0 Å². The van der Waals surface area contributed by atoms with Crippen molar-refractivity contribution >= 4 is 5.78 Å². The maximum atomic E-state index is 14.4. The third-order valence-electron chi connectivity index (χ3n) is 12.9. The smallest absolute Gasteiger partial charge is 0.231 e. The number of fused-ring (bicyclic) bond motifs is 7. The van der Waals surface area contributed by atoms with Crippen molar-refractivity contribution in [2.75, 3.05) is 34.5 Å². The number of carbonyl (C=O) groups excluding carboxylic acids is 1. The number of quaternary nitrogens is 1. The van der Waals surface area contributed by atoms with Crippen LogP contribution in [0.5, 0.6) is 17.2 Å². The van der Waals surface area contributed by atoms with Crippen LogP contribution in [0.1, 0.15) is 88.8 Å². The van der Waals surface area contributed by atoms with Crippen molar-refractivity contribution in [1.82, 2.24) is 0 Å². The lowest BCUT2D eigenvalue weighted by Crippen LogP contribution is -3.00. The molecule has 0 radical (unpaired) electrons. The predicted octanol–water partition coefficient (Wildman–Crippen LogP) is 3.00. The molecule has 8 unspecified atom stereocenters. The van der Waals surface area contributed by atoms with Crippen molar-refractivity contribution in [3.05, 3.63) is 28.8 Å². The zero-order valence-corrected chi connectivity index (χ0v) is 27.1. The van der Waals surface area contributed by atoms with E-state index in [1.165, 1.54) is 24.0 Å². The SMILES string of the molecule is COc1c2c(cc3c1C(CC(=O)C1CCC4C5CC=C6CC(O)CCC6(C)C5CCC14C)[N+](C)(C)CC3)OCO2.[Br-]. The normalized spacial score (nSPS) is 39.8. The van der Waals surface area contributed by atoms with Gasteiger partial charge in [0.25, 0.3) is 0 Å². The van der Waals surface area contributed by atoms with Crippen LogP contribution in [-0.2, 0) is 11.2 Å². The van der Waals surface area contributed by atoms with Crippen LogP contribution >= 0.6 is 0 Å². The Kier molecular flexibility index (Phi) is 7.38. The summed E-state index contributed by atoms with van der Waals surface area (Å²) >= 11 is 0. The van der Waals surface area contributed by atoms with E-state index < -0.39 is 0 Å². The van der Waals surface area contributed by atoms with Crippen LogP contribution < -0.4 is 31.2 Å². The average Bonchev–Trinajstić information content (AvgIpc) is 3.53. The van der Waals surface area contributed by atoms with Gasteiger partial charge in [-0.25, -0.2) is 0 Å². The highest BCUT2D eigenvalue weighted by molar-refractivity contribution is 5.83. The number of Topliss-reactive ketones (excluding diaryl/α,β-unsaturated/α-hetero) is 1. The number of benzene rings is 1. The summed E-state index contributed by atoms with van der Waals surface area (Å²) in [5.41, 5.74) is 4.23. The molecule has 6 nitrogen and oxygen atoms in total. The molecule has 2 aliphatic heterocycles. The maximum absolute atomic E-state index is 14.4. The van der Waals surface area contributed by atoms with E-state index in [0.29, 0.717) is 35.7 Å². The molecule has 4 aliphatic carbocycles. The van der Waals surface area contributed by atoms with Gasteiger partial charge in [0.05, 0.1) is 45.8 Å². The summed E-state index contributed by atoms with van der Waals surface area (Å²) in [6, 6.07) is 2.17. The fraction of sp³-hybridized carbons (Fsp3) is 0.735. The largest absolute Gasteiger partial charge is 1.00 e. The zero-order chi connectivity index (χ0) is 28.0. The molecule has 1 aromatic rings. The monoisotopic (exact) mass is 629 g/mol. The number of aliphatic hydroxyl groups excluding tert-OH is 1. The minimum absolute atomic E-state index is 0. The molecule has 1 N–H and O–H groups in total. The lowest BCUT2D eigenvalue weighted by atomic mass is 9.47. The van der Waals surface area contributed by atoms with Gasteiger partial charge >= 0.3 is 0 Å². The highest BCUT2D eigenvalue weighted by atomic mass is 79.9. The van der Waals surface area contributed by atoms with Crippen LogP contribution in [0.25, 0.3) is 0 Å².